The minimum Gasteiger partial charge on any atom is -0.495 e. The van der Waals surface area contributed by atoms with Crippen LogP contribution in [0.3, 0.4) is 0 Å². The van der Waals surface area contributed by atoms with Gasteiger partial charge in [-0.2, -0.15) is 0 Å². The average Bonchev–Trinajstić information content (AvgIpc) is 3.41. The van der Waals surface area contributed by atoms with Gasteiger partial charge < -0.3 is 14.2 Å². The molecule has 1 fully saturated rings. The fraction of sp³-hybridized carbons (Fsp3) is 0.385. The van der Waals surface area contributed by atoms with Crippen molar-refractivity contribution in [2.45, 2.75) is 38.6 Å². The Kier molecular flexibility index (Phi) is 5.98. The number of carbonyl (C=O) groups excluding carboxylic acids is 1. The number of rotatable bonds is 7. The van der Waals surface area contributed by atoms with Gasteiger partial charge in [0.1, 0.15) is 5.75 Å². The third-order valence-electron chi connectivity index (χ3n) is 6.58. The quantitative estimate of drug-likeness (QED) is 0.339. The zero-order chi connectivity index (χ0) is 22.1. The van der Waals surface area contributed by atoms with Crippen molar-refractivity contribution < 1.29 is 9.53 Å². The van der Waals surface area contributed by atoms with Crippen LogP contribution in [0.2, 0.25) is 0 Å². The highest BCUT2D eigenvalue weighted by Crippen LogP contribution is 2.34. The van der Waals surface area contributed by atoms with E-state index < -0.39 is 0 Å². The number of likely N-dealkylation sites (tertiary alicyclic amines) is 1. The zero-order valence-corrected chi connectivity index (χ0v) is 19.5. The number of para-hydroxylation sites is 2. The minimum atomic E-state index is 0.0962. The predicted octanol–water partition coefficient (Wildman–Crippen LogP) is 5.73. The molecule has 2 aromatic carbocycles. The first kappa shape index (κ1) is 21.2. The van der Waals surface area contributed by atoms with Gasteiger partial charge >= 0.3 is 0 Å². The van der Waals surface area contributed by atoms with Gasteiger partial charge in [-0.05, 0) is 64.0 Å². The molecule has 0 saturated carbocycles. The molecule has 2 aromatic heterocycles. The van der Waals surface area contributed by atoms with Crippen molar-refractivity contribution in [1.29, 1.82) is 0 Å². The van der Waals surface area contributed by atoms with Gasteiger partial charge in [-0.1, -0.05) is 24.3 Å². The first-order chi connectivity index (χ1) is 15.6. The van der Waals surface area contributed by atoms with Gasteiger partial charge in [0.15, 0.2) is 5.78 Å². The Morgan fingerprint density at radius 2 is 1.94 bits per heavy atom. The van der Waals surface area contributed by atoms with E-state index >= 15 is 0 Å². The zero-order valence-electron chi connectivity index (χ0n) is 18.7. The summed E-state index contributed by atoms with van der Waals surface area (Å²) in [6, 6.07) is 14.4. The molecule has 0 unspecified atom stereocenters. The van der Waals surface area contributed by atoms with Crippen molar-refractivity contribution in [3.05, 3.63) is 59.2 Å². The topological polar surface area (TPSA) is 47.4 Å². The Labute approximate surface area is 192 Å². The van der Waals surface area contributed by atoms with Crippen LogP contribution < -0.4 is 4.74 Å². The van der Waals surface area contributed by atoms with E-state index in [-0.39, 0.29) is 5.78 Å². The molecule has 1 aliphatic heterocycles. The van der Waals surface area contributed by atoms with Crippen LogP contribution in [0, 0.1) is 0 Å². The molecule has 0 atom stereocenters. The lowest BCUT2D eigenvalue weighted by molar-refractivity contribution is 0.101. The van der Waals surface area contributed by atoms with E-state index in [1.54, 1.807) is 14.0 Å². The molecule has 0 amide bonds. The fourth-order valence-electron chi connectivity index (χ4n) is 4.88. The molecule has 0 radical (unpaired) electrons. The minimum absolute atomic E-state index is 0.0962. The Hall–Kier alpha value is -2.70. The first-order valence-corrected chi connectivity index (χ1v) is 12.2. The molecule has 6 heteroatoms. The Morgan fingerprint density at radius 1 is 1.12 bits per heavy atom. The summed E-state index contributed by atoms with van der Waals surface area (Å²) in [6.45, 7) is 5.82. The number of hydrogen-bond acceptors (Lipinski definition) is 5. The van der Waals surface area contributed by atoms with Gasteiger partial charge in [-0.15, -0.1) is 11.3 Å². The maximum absolute atomic E-state index is 12.1. The molecule has 1 saturated heterocycles. The second-order valence-corrected chi connectivity index (χ2v) is 9.70. The van der Waals surface area contributed by atoms with Crippen molar-refractivity contribution >= 4 is 38.2 Å². The van der Waals surface area contributed by atoms with Gasteiger partial charge in [-0.3, -0.25) is 4.79 Å². The molecule has 166 valence electrons. The number of aromatic nitrogens is 2. The third-order valence-corrected chi connectivity index (χ3v) is 7.78. The highest BCUT2D eigenvalue weighted by Gasteiger charge is 2.23. The maximum Gasteiger partial charge on any atom is 0.161 e. The number of Topliss-reactive ketones (excluding diaryl/α,β-unsaturated/α-hetero) is 1. The van der Waals surface area contributed by atoms with Crippen LogP contribution >= 0.6 is 11.3 Å². The van der Waals surface area contributed by atoms with Gasteiger partial charge in [-0.25, -0.2) is 4.98 Å². The molecule has 0 N–H and O–H groups in total. The van der Waals surface area contributed by atoms with Crippen LogP contribution in [0.15, 0.2) is 48.7 Å². The predicted molar refractivity (Wildman–Crippen MR) is 131 cm³/mol. The number of ketones is 1. The highest BCUT2D eigenvalue weighted by molar-refractivity contribution is 7.18. The molecule has 5 rings (SSSR count). The molecular weight excluding hydrogens is 418 g/mol. The molecule has 0 bridgehead atoms. The molecule has 3 heterocycles. The largest absolute Gasteiger partial charge is 0.495 e. The van der Waals surface area contributed by atoms with Crippen LogP contribution in [-0.2, 0) is 6.54 Å². The Bertz CT molecular complexity index is 1220. The summed E-state index contributed by atoms with van der Waals surface area (Å²) < 4.78 is 9.07. The number of ether oxygens (including phenoxy) is 1. The lowest BCUT2D eigenvalue weighted by Gasteiger charge is -2.31. The summed E-state index contributed by atoms with van der Waals surface area (Å²) >= 11 is 1.86. The molecule has 0 aliphatic carbocycles. The number of hydrogen-bond donors (Lipinski definition) is 0. The summed E-state index contributed by atoms with van der Waals surface area (Å²) in [7, 11) is 1.69. The summed E-state index contributed by atoms with van der Waals surface area (Å²) in [6.07, 6.45) is 5.39. The standard InChI is InChI=1S/C26H29N3O2S/c1-18(30)21-17-29(25-20(21)7-5-9-23(25)31-2)14-6-13-28-15-11-19(12-16-28)26-27-22-8-3-4-10-24(22)32-26/h3-5,7-10,17,19H,6,11-16H2,1-2H3. The molecule has 0 spiro atoms. The number of thiazole rings is 1. The number of methoxy groups -OCH3 is 1. The van der Waals surface area contributed by atoms with E-state index in [0.717, 1.165) is 60.3 Å². The summed E-state index contributed by atoms with van der Waals surface area (Å²) in [4.78, 5) is 19.6. The smallest absolute Gasteiger partial charge is 0.161 e. The monoisotopic (exact) mass is 447 g/mol. The molecule has 32 heavy (non-hydrogen) atoms. The van der Waals surface area contributed by atoms with Crippen molar-refractivity contribution in [2.24, 2.45) is 0 Å². The molecule has 5 nitrogen and oxygen atoms in total. The van der Waals surface area contributed by atoms with Gasteiger partial charge in [0, 0.05) is 29.6 Å². The van der Waals surface area contributed by atoms with Crippen molar-refractivity contribution in [3.8, 4) is 5.75 Å². The van der Waals surface area contributed by atoms with Gasteiger partial charge in [0.2, 0.25) is 0 Å². The molecule has 4 aromatic rings. The normalized spacial score (nSPS) is 15.6. The van der Waals surface area contributed by atoms with E-state index in [4.69, 9.17) is 9.72 Å². The maximum atomic E-state index is 12.1. The van der Waals surface area contributed by atoms with Gasteiger partial charge in [0.05, 0.1) is 27.9 Å². The first-order valence-electron chi connectivity index (χ1n) is 11.4. The Morgan fingerprint density at radius 3 is 2.69 bits per heavy atom. The molecule has 1 aliphatic rings. The van der Waals surface area contributed by atoms with Crippen LogP contribution in [0.5, 0.6) is 5.75 Å². The van der Waals surface area contributed by atoms with Crippen molar-refractivity contribution in [3.63, 3.8) is 0 Å². The SMILES string of the molecule is COc1cccc2c(C(C)=O)cn(CCCN3CCC(c4nc5ccccc5s4)CC3)c12. The van der Waals surface area contributed by atoms with Crippen LogP contribution in [0.1, 0.15) is 47.5 Å². The van der Waals surface area contributed by atoms with E-state index in [2.05, 4.69) is 33.7 Å². The van der Waals surface area contributed by atoms with Crippen molar-refractivity contribution in [2.75, 3.05) is 26.7 Å². The van der Waals surface area contributed by atoms with E-state index in [1.165, 1.54) is 22.5 Å². The van der Waals surface area contributed by atoms with E-state index in [9.17, 15) is 4.79 Å². The number of fused-ring (bicyclic) bond motifs is 2. The third kappa shape index (κ3) is 4.05. The summed E-state index contributed by atoms with van der Waals surface area (Å²) in [5.74, 6) is 1.50. The van der Waals surface area contributed by atoms with Crippen LogP contribution in [0.4, 0.5) is 0 Å². The lowest BCUT2D eigenvalue weighted by atomic mass is 9.97. The summed E-state index contributed by atoms with van der Waals surface area (Å²) in [5.41, 5.74) is 2.93. The Balaban J connectivity index is 1.20. The van der Waals surface area contributed by atoms with E-state index in [0.29, 0.717) is 5.92 Å². The second-order valence-electron chi connectivity index (χ2n) is 8.64. The lowest BCUT2D eigenvalue weighted by Crippen LogP contribution is -2.34. The molecular formula is C26H29N3O2S. The number of piperidine rings is 1. The van der Waals surface area contributed by atoms with Crippen molar-refractivity contribution in [1.82, 2.24) is 14.5 Å². The number of benzene rings is 2. The highest BCUT2D eigenvalue weighted by atomic mass is 32.1. The average molecular weight is 448 g/mol. The summed E-state index contributed by atoms with van der Waals surface area (Å²) in [5, 5.41) is 2.28. The number of nitrogens with zero attached hydrogens (tertiary/aromatic N) is 3. The van der Waals surface area contributed by atoms with Crippen LogP contribution in [-0.4, -0.2) is 47.0 Å². The number of aryl methyl sites for hydroxylation is 1. The van der Waals surface area contributed by atoms with E-state index in [1.807, 2.05) is 35.7 Å². The number of carbonyl (C=O) groups is 1. The van der Waals surface area contributed by atoms with Crippen LogP contribution in [0.25, 0.3) is 21.1 Å². The fourth-order valence-corrected chi connectivity index (χ4v) is 6.02. The van der Waals surface area contributed by atoms with Gasteiger partial charge in [0.25, 0.3) is 0 Å². The second kappa shape index (κ2) is 9.04.